The van der Waals surface area contributed by atoms with Gasteiger partial charge in [0.2, 0.25) is 5.91 Å². The highest BCUT2D eigenvalue weighted by atomic mass is 32.2. The maximum atomic E-state index is 12.8. The maximum absolute atomic E-state index is 12.8. The van der Waals surface area contributed by atoms with Gasteiger partial charge in [-0.05, 0) is 41.0 Å². The Bertz CT molecular complexity index is 1120. The minimum Gasteiger partial charge on any atom is -0.378 e. The van der Waals surface area contributed by atoms with E-state index in [0.29, 0.717) is 11.7 Å². The van der Waals surface area contributed by atoms with Gasteiger partial charge in [0.25, 0.3) is 0 Å². The predicted molar refractivity (Wildman–Crippen MR) is 127 cm³/mol. The summed E-state index contributed by atoms with van der Waals surface area (Å²) in [6.45, 7) is 2.40. The molecular formula is C24H24N4OS. The average Bonchev–Trinajstić information content (AvgIpc) is 3.02. The van der Waals surface area contributed by atoms with E-state index in [1.54, 1.807) is 11.1 Å². The van der Waals surface area contributed by atoms with Crippen LogP contribution in [-0.2, 0) is 11.3 Å². The Morgan fingerprint density at radius 2 is 1.77 bits per heavy atom. The number of amidine groups is 1. The van der Waals surface area contributed by atoms with Crippen LogP contribution in [0.4, 0.5) is 5.69 Å². The van der Waals surface area contributed by atoms with Crippen molar-refractivity contribution in [1.29, 1.82) is 0 Å². The molecule has 4 rings (SSSR count). The predicted octanol–water partition coefficient (Wildman–Crippen LogP) is 4.76. The van der Waals surface area contributed by atoms with Crippen molar-refractivity contribution in [3.8, 4) is 0 Å². The number of amides is 1. The largest absolute Gasteiger partial charge is 0.378 e. The van der Waals surface area contributed by atoms with E-state index < -0.39 is 0 Å². The summed E-state index contributed by atoms with van der Waals surface area (Å²) in [4.78, 5) is 16.5. The summed E-state index contributed by atoms with van der Waals surface area (Å²) in [7, 11) is 4.02. The molecule has 3 aromatic carbocycles. The van der Waals surface area contributed by atoms with E-state index in [2.05, 4.69) is 39.4 Å². The van der Waals surface area contributed by atoms with Gasteiger partial charge in [-0.25, -0.2) is 0 Å². The lowest BCUT2D eigenvalue weighted by atomic mass is 10.0. The fourth-order valence-corrected chi connectivity index (χ4v) is 4.33. The zero-order valence-electron chi connectivity index (χ0n) is 17.3. The van der Waals surface area contributed by atoms with Crippen LogP contribution in [0.1, 0.15) is 18.1 Å². The van der Waals surface area contributed by atoms with Gasteiger partial charge in [-0.2, -0.15) is 5.10 Å². The van der Waals surface area contributed by atoms with Crippen molar-refractivity contribution in [2.75, 3.05) is 19.0 Å². The number of carbonyl (C=O) groups excluding carboxylic acids is 1. The number of thioether (sulfide) groups is 1. The van der Waals surface area contributed by atoms with Crippen LogP contribution in [0, 0.1) is 0 Å². The van der Waals surface area contributed by atoms with Crippen molar-refractivity contribution in [2.45, 2.75) is 18.7 Å². The molecule has 1 aliphatic heterocycles. The molecule has 0 spiro atoms. The molecular weight excluding hydrogens is 392 g/mol. The summed E-state index contributed by atoms with van der Waals surface area (Å²) in [6.07, 6.45) is 1.72. The Morgan fingerprint density at radius 3 is 2.53 bits per heavy atom. The van der Waals surface area contributed by atoms with Crippen LogP contribution in [0.2, 0.25) is 0 Å². The first kappa shape index (κ1) is 20.2. The first-order valence-electron chi connectivity index (χ1n) is 9.86. The van der Waals surface area contributed by atoms with Crippen LogP contribution < -0.4 is 4.90 Å². The van der Waals surface area contributed by atoms with Crippen LogP contribution >= 0.6 is 11.8 Å². The third-order valence-corrected chi connectivity index (χ3v) is 6.16. The first-order valence-corrected chi connectivity index (χ1v) is 10.7. The van der Waals surface area contributed by atoms with Gasteiger partial charge < -0.3 is 4.90 Å². The summed E-state index contributed by atoms with van der Waals surface area (Å²) in [6, 6.07) is 22.5. The molecule has 1 aliphatic rings. The second kappa shape index (κ2) is 8.71. The molecule has 1 fully saturated rings. The topological polar surface area (TPSA) is 48.3 Å². The van der Waals surface area contributed by atoms with Crippen molar-refractivity contribution >= 4 is 45.5 Å². The van der Waals surface area contributed by atoms with Crippen LogP contribution in [-0.4, -0.2) is 41.5 Å². The van der Waals surface area contributed by atoms with E-state index >= 15 is 0 Å². The maximum Gasteiger partial charge on any atom is 0.242 e. The van der Waals surface area contributed by atoms with E-state index in [9.17, 15) is 4.79 Å². The Labute approximate surface area is 181 Å². The van der Waals surface area contributed by atoms with E-state index in [4.69, 9.17) is 0 Å². The molecule has 152 valence electrons. The Hall–Kier alpha value is -3.12. The number of nitrogens with zero attached hydrogens (tertiary/aromatic N) is 4. The summed E-state index contributed by atoms with van der Waals surface area (Å²) in [5.41, 5.74) is 3.20. The van der Waals surface area contributed by atoms with Crippen LogP contribution in [0.15, 0.2) is 76.9 Å². The van der Waals surface area contributed by atoms with Gasteiger partial charge in [-0.1, -0.05) is 66.4 Å². The smallest absolute Gasteiger partial charge is 0.242 e. The number of fused-ring (bicyclic) bond motifs is 1. The molecule has 3 aromatic rings. The molecule has 1 amide bonds. The molecule has 1 unspecified atom stereocenters. The van der Waals surface area contributed by atoms with Gasteiger partial charge in [-0.3, -0.25) is 9.69 Å². The highest BCUT2D eigenvalue weighted by Gasteiger charge is 2.35. The summed E-state index contributed by atoms with van der Waals surface area (Å²) < 4.78 is 0. The number of rotatable bonds is 5. The van der Waals surface area contributed by atoms with Crippen molar-refractivity contribution < 1.29 is 4.79 Å². The highest BCUT2D eigenvalue weighted by Crippen LogP contribution is 2.30. The number of hydrogen-bond acceptors (Lipinski definition) is 5. The lowest BCUT2D eigenvalue weighted by Crippen LogP contribution is -2.30. The minimum absolute atomic E-state index is 0.0669. The molecule has 1 atom stereocenters. The third-order valence-electron chi connectivity index (χ3n) is 5.09. The summed E-state index contributed by atoms with van der Waals surface area (Å²) >= 11 is 1.45. The van der Waals surface area contributed by atoms with Crippen molar-refractivity contribution in [1.82, 2.24) is 4.90 Å². The van der Waals surface area contributed by atoms with Crippen LogP contribution in [0.3, 0.4) is 0 Å². The van der Waals surface area contributed by atoms with E-state index in [-0.39, 0.29) is 11.2 Å². The molecule has 1 heterocycles. The zero-order valence-corrected chi connectivity index (χ0v) is 18.1. The van der Waals surface area contributed by atoms with Gasteiger partial charge in [0.15, 0.2) is 5.17 Å². The standard InChI is InChI=1S/C24H24N4OS/c1-17-23(29)28(16-20-9-6-8-19-7-4-5-10-22(19)20)24(30-17)26-25-15-18-11-13-21(14-12-18)27(2)3/h4-15,17H,16H2,1-3H3/b25-15+,26-24-. The first-order chi connectivity index (χ1) is 14.5. The Morgan fingerprint density at radius 1 is 1.03 bits per heavy atom. The molecule has 0 saturated carbocycles. The molecule has 0 aliphatic carbocycles. The minimum atomic E-state index is -0.159. The number of anilines is 1. The molecule has 1 saturated heterocycles. The summed E-state index contributed by atoms with van der Waals surface area (Å²) in [5, 5.41) is 11.4. The van der Waals surface area contributed by atoms with Gasteiger partial charge in [0, 0.05) is 19.8 Å². The Balaban J connectivity index is 1.56. The van der Waals surface area contributed by atoms with E-state index in [1.165, 1.54) is 17.1 Å². The van der Waals surface area contributed by atoms with E-state index in [0.717, 1.165) is 22.2 Å². The second-order valence-corrected chi connectivity index (χ2v) is 8.74. The highest BCUT2D eigenvalue weighted by molar-refractivity contribution is 8.15. The zero-order chi connectivity index (χ0) is 21.1. The third kappa shape index (κ3) is 4.24. The number of hydrogen-bond donors (Lipinski definition) is 0. The fourth-order valence-electron chi connectivity index (χ4n) is 3.41. The molecule has 0 aromatic heterocycles. The molecule has 6 heteroatoms. The van der Waals surface area contributed by atoms with Crippen molar-refractivity contribution in [2.24, 2.45) is 10.2 Å². The molecule has 0 bridgehead atoms. The summed E-state index contributed by atoms with van der Waals surface area (Å²) in [5.74, 6) is 0.0669. The lowest BCUT2D eigenvalue weighted by Gasteiger charge is -2.17. The van der Waals surface area contributed by atoms with Crippen molar-refractivity contribution in [3.63, 3.8) is 0 Å². The lowest BCUT2D eigenvalue weighted by molar-refractivity contribution is -0.126. The number of carbonyl (C=O) groups is 1. The molecule has 0 radical (unpaired) electrons. The van der Waals surface area contributed by atoms with Gasteiger partial charge in [0.05, 0.1) is 18.0 Å². The van der Waals surface area contributed by atoms with Gasteiger partial charge >= 0.3 is 0 Å². The van der Waals surface area contributed by atoms with Crippen molar-refractivity contribution in [3.05, 3.63) is 77.9 Å². The van der Waals surface area contributed by atoms with Gasteiger partial charge in [-0.15, -0.1) is 5.10 Å². The monoisotopic (exact) mass is 416 g/mol. The van der Waals surface area contributed by atoms with Gasteiger partial charge in [0.1, 0.15) is 0 Å². The van der Waals surface area contributed by atoms with Crippen LogP contribution in [0.5, 0.6) is 0 Å². The average molecular weight is 417 g/mol. The number of benzene rings is 3. The molecule has 30 heavy (non-hydrogen) atoms. The normalized spacial score (nSPS) is 18.1. The van der Waals surface area contributed by atoms with E-state index in [1.807, 2.05) is 63.5 Å². The fraction of sp³-hybridized carbons (Fsp3) is 0.208. The van der Waals surface area contributed by atoms with Crippen LogP contribution in [0.25, 0.3) is 10.8 Å². The molecule has 0 N–H and O–H groups in total. The Kier molecular flexibility index (Phi) is 5.86. The molecule has 5 nitrogen and oxygen atoms in total. The second-order valence-electron chi connectivity index (χ2n) is 7.44. The SMILES string of the molecule is CC1S/C(=N\N=C\c2ccc(N(C)C)cc2)N(Cc2cccc3ccccc23)C1=O. The quantitative estimate of drug-likeness (QED) is 0.445.